The van der Waals surface area contributed by atoms with Gasteiger partial charge in [-0.15, -0.1) is 0 Å². The molecule has 1 aliphatic heterocycles. The molecule has 1 aromatic heterocycles. The van der Waals surface area contributed by atoms with Gasteiger partial charge in [0, 0.05) is 23.1 Å². The predicted octanol–water partition coefficient (Wildman–Crippen LogP) is 3.56. The number of rotatable bonds is 3. The Morgan fingerprint density at radius 2 is 1.93 bits per heavy atom. The highest BCUT2D eigenvalue weighted by atomic mass is 32.2. The predicted molar refractivity (Wildman–Crippen MR) is 111 cm³/mol. The SMILES string of the molecule is Cc1ccccc1-n1nc2c(c1NC(=O)C(=O)N[C@H]1CCCC[C@H]1C)CSC2. The zero-order valence-electron chi connectivity index (χ0n) is 16.3. The van der Waals surface area contributed by atoms with Gasteiger partial charge in [0.25, 0.3) is 0 Å². The molecule has 2 atom stereocenters. The van der Waals surface area contributed by atoms with Gasteiger partial charge in [-0.1, -0.05) is 38.0 Å². The van der Waals surface area contributed by atoms with Crippen molar-refractivity contribution in [2.75, 3.05) is 5.32 Å². The highest BCUT2D eigenvalue weighted by Crippen LogP contribution is 2.36. The van der Waals surface area contributed by atoms with Crippen molar-refractivity contribution in [3.05, 3.63) is 41.1 Å². The van der Waals surface area contributed by atoms with Gasteiger partial charge in [-0.2, -0.15) is 16.9 Å². The Labute approximate surface area is 169 Å². The third-order valence-electron chi connectivity index (χ3n) is 5.76. The van der Waals surface area contributed by atoms with Crippen molar-refractivity contribution in [1.82, 2.24) is 15.1 Å². The monoisotopic (exact) mass is 398 g/mol. The maximum Gasteiger partial charge on any atom is 0.314 e. The molecule has 4 rings (SSSR count). The molecule has 0 bridgehead atoms. The van der Waals surface area contributed by atoms with Crippen LogP contribution in [-0.4, -0.2) is 27.6 Å². The molecular weight excluding hydrogens is 372 g/mol. The Bertz CT molecular complexity index is 908. The van der Waals surface area contributed by atoms with Crippen LogP contribution < -0.4 is 10.6 Å². The summed E-state index contributed by atoms with van der Waals surface area (Å²) in [5.74, 6) is 1.46. The largest absolute Gasteiger partial charge is 0.345 e. The minimum Gasteiger partial charge on any atom is -0.345 e. The fourth-order valence-electron chi connectivity index (χ4n) is 4.05. The Morgan fingerprint density at radius 1 is 1.14 bits per heavy atom. The lowest BCUT2D eigenvalue weighted by Gasteiger charge is -2.29. The molecule has 0 spiro atoms. The molecule has 2 N–H and O–H groups in total. The third kappa shape index (κ3) is 3.68. The van der Waals surface area contributed by atoms with E-state index in [0.29, 0.717) is 11.7 Å². The molecule has 2 aliphatic rings. The highest BCUT2D eigenvalue weighted by Gasteiger charge is 2.29. The van der Waals surface area contributed by atoms with E-state index in [2.05, 4.69) is 17.6 Å². The molecule has 28 heavy (non-hydrogen) atoms. The van der Waals surface area contributed by atoms with E-state index in [1.807, 2.05) is 31.2 Å². The molecule has 6 nitrogen and oxygen atoms in total. The molecule has 1 aliphatic carbocycles. The van der Waals surface area contributed by atoms with E-state index in [0.717, 1.165) is 53.3 Å². The van der Waals surface area contributed by atoms with Gasteiger partial charge < -0.3 is 10.6 Å². The number of hydrogen-bond acceptors (Lipinski definition) is 4. The minimum atomic E-state index is -0.618. The average molecular weight is 399 g/mol. The molecule has 1 fully saturated rings. The van der Waals surface area contributed by atoms with E-state index in [4.69, 9.17) is 5.10 Å². The molecule has 2 heterocycles. The maximum absolute atomic E-state index is 12.7. The van der Waals surface area contributed by atoms with Crippen LogP contribution in [0.3, 0.4) is 0 Å². The Hall–Kier alpha value is -2.28. The van der Waals surface area contributed by atoms with Crippen LogP contribution in [0.25, 0.3) is 5.69 Å². The number of para-hydroxylation sites is 1. The number of aryl methyl sites for hydroxylation is 1. The summed E-state index contributed by atoms with van der Waals surface area (Å²) in [6.45, 7) is 4.15. The summed E-state index contributed by atoms with van der Waals surface area (Å²) in [5.41, 5.74) is 3.97. The second-order valence-corrected chi connectivity index (χ2v) is 8.75. The summed E-state index contributed by atoms with van der Waals surface area (Å²) < 4.78 is 1.77. The third-order valence-corrected chi connectivity index (χ3v) is 6.73. The molecular formula is C21H26N4O2S. The molecule has 1 aromatic carbocycles. The van der Waals surface area contributed by atoms with Crippen LogP contribution in [0, 0.1) is 12.8 Å². The fraction of sp³-hybridized carbons (Fsp3) is 0.476. The van der Waals surface area contributed by atoms with E-state index in [9.17, 15) is 9.59 Å². The first-order valence-corrected chi connectivity index (χ1v) is 11.1. The van der Waals surface area contributed by atoms with Crippen molar-refractivity contribution < 1.29 is 9.59 Å². The van der Waals surface area contributed by atoms with Gasteiger partial charge in [0.05, 0.1) is 11.4 Å². The smallest absolute Gasteiger partial charge is 0.314 e. The van der Waals surface area contributed by atoms with Crippen molar-refractivity contribution in [2.24, 2.45) is 5.92 Å². The zero-order valence-corrected chi connectivity index (χ0v) is 17.1. The van der Waals surface area contributed by atoms with Gasteiger partial charge in [0.2, 0.25) is 0 Å². The number of amides is 2. The highest BCUT2D eigenvalue weighted by molar-refractivity contribution is 7.98. The van der Waals surface area contributed by atoms with E-state index in [1.165, 1.54) is 6.42 Å². The van der Waals surface area contributed by atoms with Gasteiger partial charge >= 0.3 is 11.8 Å². The Balaban J connectivity index is 1.56. The number of nitrogens with one attached hydrogen (secondary N) is 2. The van der Waals surface area contributed by atoms with Gasteiger partial charge in [-0.05, 0) is 37.3 Å². The van der Waals surface area contributed by atoms with Gasteiger partial charge in [0.15, 0.2) is 0 Å². The number of carbonyl (C=O) groups is 2. The lowest BCUT2D eigenvalue weighted by molar-refractivity contribution is -0.137. The molecule has 2 aromatic rings. The van der Waals surface area contributed by atoms with Crippen molar-refractivity contribution in [1.29, 1.82) is 0 Å². The number of anilines is 1. The molecule has 7 heteroatoms. The fourth-order valence-corrected chi connectivity index (χ4v) is 5.08. The second kappa shape index (κ2) is 7.99. The van der Waals surface area contributed by atoms with Crippen molar-refractivity contribution >= 4 is 29.4 Å². The van der Waals surface area contributed by atoms with Crippen LogP contribution in [0.2, 0.25) is 0 Å². The topological polar surface area (TPSA) is 76.0 Å². The van der Waals surface area contributed by atoms with Gasteiger partial charge in [-0.3, -0.25) is 9.59 Å². The summed E-state index contributed by atoms with van der Waals surface area (Å²) in [4.78, 5) is 25.2. The van der Waals surface area contributed by atoms with E-state index < -0.39 is 11.8 Å². The van der Waals surface area contributed by atoms with Crippen LogP contribution in [-0.2, 0) is 21.1 Å². The summed E-state index contributed by atoms with van der Waals surface area (Å²) >= 11 is 1.77. The van der Waals surface area contributed by atoms with E-state index >= 15 is 0 Å². The normalized spacial score (nSPS) is 21.2. The average Bonchev–Trinajstić information content (AvgIpc) is 3.26. The van der Waals surface area contributed by atoms with E-state index in [-0.39, 0.29) is 6.04 Å². The molecule has 1 saturated carbocycles. The van der Waals surface area contributed by atoms with Crippen molar-refractivity contribution in [3.8, 4) is 5.69 Å². The summed E-state index contributed by atoms with van der Waals surface area (Å²) in [5, 5.41) is 10.5. The molecule has 0 saturated heterocycles. The molecule has 148 valence electrons. The lowest BCUT2D eigenvalue weighted by Crippen LogP contribution is -2.46. The van der Waals surface area contributed by atoms with Gasteiger partial charge in [0.1, 0.15) is 5.82 Å². The summed E-state index contributed by atoms with van der Waals surface area (Å²) in [7, 11) is 0. The number of carbonyl (C=O) groups excluding carboxylic acids is 2. The van der Waals surface area contributed by atoms with Crippen molar-refractivity contribution in [2.45, 2.75) is 57.1 Å². The van der Waals surface area contributed by atoms with Crippen LogP contribution in [0.1, 0.15) is 49.4 Å². The number of thioether (sulfide) groups is 1. The van der Waals surface area contributed by atoms with Crippen LogP contribution in [0.15, 0.2) is 24.3 Å². The molecule has 0 radical (unpaired) electrons. The Kier molecular flexibility index (Phi) is 5.44. The first-order valence-electron chi connectivity index (χ1n) is 9.91. The van der Waals surface area contributed by atoms with Gasteiger partial charge in [-0.25, -0.2) is 4.68 Å². The van der Waals surface area contributed by atoms with Crippen LogP contribution in [0.5, 0.6) is 0 Å². The van der Waals surface area contributed by atoms with E-state index in [1.54, 1.807) is 16.4 Å². The second-order valence-electron chi connectivity index (χ2n) is 7.76. The van der Waals surface area contributed by atoms with Crippen LogP contribution >= 0.6 is 11.8 Å². The Morgan fingerprint density at radius 3 is 2.71 bits per heavy atom. The zero-order chi connectivity index (χ0) is 19.7. The number of benzene rings is 1. The standard InChI is InChI=1S/C21H26N4O2S/c1-13-7-3-5-9-16(13)22-20(26)21(27)23-19-15-11-28-12-17(15)24-25(19)18-10-6-4-8-14(18)2/h4,6,8,10,13,16H,3,5,7,9,11-12H2,1-2H3,(H,22,26)(H,23,27)/t13-,16+/m1/s1. The van der Waals surface area contributed by atoms with Crippen LogP contribution in [0.4, 0.5) is 5.82 Å². The summed E-state index contributed by atoms with van der Waals surface area (Å²) in [6, 6.07) is 7.99. The number of fused-ring (bicyclic) bond motifs is 1. The number of aromatic nitrogens is 2. The molecule has 2 amide bonds. The van der Waals surface area contributed by atoms with Crippen molar-refractivity contribution in [3.63, 3.8) is 0 Å². The maximum atomic E-state index is 12.7. The first kappa shape index (κ1) is 19.1. The minimum absolute atomic E-state index is 0.0783. The molecule has 0 unspecified atom stereocenters. The number of hydrogen-bond donors (Lipinski definition) is 2. The first-order chi connectivity index (χ1) is 13.5. The number of nitrogens with zero attached hydrogens (tertiary/aromatic N) is 2. The lowest BCUT2D eigenvalue weighted by atomic mass is 9.86. The summed E-state index contributed by atoms with van der Waals surface area (Å²) in [6.07, 6.45) is 4.32. The quantitative estimate of drug-likeness (QED) is 0.775.